The molecule has 0 amide bonds. The van der Waals surface area contributed by atoms with Crippen LogP contribution in [-0.2, 0) is 0 Å². The van der Waals surface area contributed by atoms with E-state index in [2.05, 4.69) is 66.4 Å². The minimum absolute atomic E-state index is 0.182. The molecule has 20 heavy (non-hydrogen) atoms. The lowest BCUT2D eigenvalue weighted by atomic mass is 10.1. The Kier molecular flexibility index (Phi) is 7.45. The highest BCUT2D eigenvalue weighted by molar-refractivity contribution is 7.99. The van der Waals surface area contributed by atoms with Crippen LogP contribution in [0, 0.1) is 0 Å². The summed E-state index contributed by atoms with van der Waals surface area (Å²) in [6.07, 6.45) is 2.13. The second-order valence-corrected chi connectivity index (χ2v) is 7.79. The molecular weight excluding hydrogens is 286 g/mol. The molecular formula is C15H27N3S2. The summed E-state index contributed by atoms with van der Waals surface area (Å²) in [5, 5.41) is 11.1. The summed E-state index contributed by atoms with van der Waals surface area (Å²) in [6.45, 7) is 11.4. The van der Waals surface area contributed by atoms with Crippen molar-refractivity contribution in [2.24, 2.45) is 4.99 Å². The van der Waals surface area contributed by atoms with E-state index in [1.54, 1.807) is 11.3 Å². The van der Waals surface area contributed by atoms with Crippen LogP contribution in [0.15, 0.2) is 21.8 Å². The third kappa shape index (κ3) is 6.18. The Labute approximate surface area is 131 Å². The van der Waals surface area contributed by atoms with Gasteiger partial charge in [0.15, 0.2) is 5.96 Å². The molecule has 1 unspecified atom stereocenters. The van der Waals surface area contributed by atoms with Gasteiger partial charge in [-0.1, -0.05) is 6.92 Å². The molecule has 1 heterocycles. The zero-order valence-electron chi connectivity index (χ0n) is 13.2. The molecule has 0 aliphatic heterocycles. The minimum atomic E-state index is 0.182. The quantitative estimate of drug-likeness (QED) is 0.597. The van der Waals surface area contributed by atoms with E-state index in [0.29, 0.717) is 5.92 Å². The Morgan fingerprint density at radius 1 is 1.45 bits per heavy atom. The molecule has 0 aliphatic rings. The predicted octanol–water partition coefficient (Wildman–Crippen LogP) is 3.55. The van der Waals surface area contributed by atoms with Crippen molar-refractivity contribution in [1.82, 2.24) is 10.6 Å². The van der Waals surface area contributed by atoms with Gasteiger partial charge < -0.3 is 10.6 Å². The van der Waals surface area contributed by atoms with Crippen molar-refractivity contribution in [3.8, 4) is 0 Å². The first-order valence-corrected chi connectivity index (χ1v) is 9.24. The summed E-state index contributed by atoms with van der Waals surface area (Å²) in [7, 11) is 0. The number of rotatable bonds is 7. The minimum Gasteiger partial charge on any atom is -0.357 e. The highest BCUT2D eigenvalue weighted by atomic mass is 32.2. The number of nitrogens with one attached hydrogen (secondary N) is 2. The van der Waals surface area contributed by atoms with E-state index in [-0.39, 0.29) is 4.75 Å². The van der Waals surface area contributed by atoms with Crippen LogP contribution in [0.25, 0.3) is 0 Å². The van der Waals surface area contributed by atoms with Crippen molar-refractivity contribution in [2.75, 3.05) is 25.9 Å². The van der Waals surface area contributed by atoms with Crippen LogP contribution >= 0.6 is 23.1 Å². The zero-order chi connectivity index (χ0) is 15.0. The molecule has 1 aromatic heterocycles. The zero-order valence-corrected chi connectivity index (χ0v) is 14.8. The van der Waals surface area contributed by atoms with Crippen molar-refractivity contribution >= 4 is 29.1 Å². The maximum absolute atomic E-state index is 4.69. The van der Waals surface area contributed by atoms with Crippen molar-refractivity contribution in [3.05, 3.63) is 22.4 Å². The average Bonchev–Trinajstić information content (AvgIpc) is 2.96. The molecule has 0 aliphatic carbocycles. The molecule has 3 nitrogen and oxygen atoms in total. The number of thiophene rings is 1. The van der Waals surface area contributed by atoms with E-state index >= 15 is 0 Å². The molecule has 2 N–H and O–H groups in total. The number of nitrogens with zero attached hydrogens (tertiary/aromatic N) is 1. The number of aliphatic imine (C=N–C) groups is 1. The first kappa shape index (κ1) is 17.4. The maximum Gasteiger partial charge on any atom is 0.191 e. The summed E-state index contributed by atoms with van der Waals surface area (Å²) in [4.78, 5) is 4.69. The largest absolute Gasteiger partial charge is 0.357 e. The molecule has 1 atom stereocenters. The smallest absolute Gasteiger partial charge is 0.191 e. The van der Waals surface area contributed by atoms with Gasteiger partial charge in [-0.25, -0.2) is 0 Å². The van der Waals surface area contributed by atoms with Gasteiger partial charge in [0.25, 0.3) is 0 Å². The van der Waals surface area contributed by atoms with Gasteiger partial charge in [-0.3, -0.25) is 4.99 Å². The molecule has 114 valence electrons. The van der Waals surface area contributed by atoms with Crippen LogP contribution in [0.3, 0.4) is 0 Å². The highest BCUT2D eigenvalue weighted by Gasteiger charge is 2.15. The lowest BCUT2D eigenvalue weighted by Crippen LogP contribution is -2.40. The van der Waals surface area contributed by atoms with Crippen LogP contribution in [0.5, 0.6) is 0 Å². The average molecular weight is 314 g/mol. The van der Waals surface area contributed by atoms with E-state index < -0.39 is 0 Å². The predicted molar refractivity (Wildman–Crippen MR) is 94.3 cm³/mol. The third-order valence-electron chi connectivity index (χ3n) is 3.20. The van der Waals surface area contributed by atoms with Crippen molar-refractivity contribution in [2.45, 2.75) is 38.4 Å². The fraction of sp³-hybridized carbons (Fsp3) is 0.667. The molecule has 0 spiro atoms. The number of guanidine groups is 1. The van der Waals surface area contributed by atoms with E-state index in [1.165, 1.54) is 5.56 Å². The van der Waals surface area contributed by atoms with E-state index in [1.807, 2.05) is 11.8 Å². The molecule has 1 rings (SSSR count). The van der Waals surface area contributed by atoms with E-state index in [9.17, 15) is 0 Å². The third-order valence-corrected chi connectivity index (χ3v) is 5.14. The Balaban J connectivity index is 2.52. The first-order chi connectivity index (χ1) is 9.48. The van der Waals surface area contributed by atoms with Crippen LogP contribution < -0.4 is 10.6 Å². The summed E-state index contributed by atoms with van der Waals surface area (Å²) >= 11 is 3.60. The summed E-state index contributed by atoms with van der Waals surface area (Å²) < 4.78 is 0.182. The number of hydrogen-bond acceptors (Lipinski definition) is 3. The van der Waals surface area contributed by atoms with Gasteiger partial charge in [-0.2, -0.15) is 23.1 Å². The lowest BCUT2D eigenvalue weighted by Gasteiger charge is -2.21. The SMILES string of the molecule is CCNC(=NCC(C)(C)SC)NCC(C)c1ccsc1. The standard InChI is InChI=1S/C15H27N3S2/c1-6-16-14(18-11-15(3,4)19-5)17-9-12(2)13-7-8-20-10-13/h7-8,10,12H,6,9,11H2,1-5H3,(H2,16,17,18). The van der Waals surface area contributed by atoms with Crippen LogP contribution in [0.2, 0.25) is 0 Å². The fourth-order valence-electron chi connectivity index (χ4n) is 1.60. The number of hydrogen-bond donors (Lipinski definition) is 2. The molecule has 0 aromatic carbocycles. The van der Waals surface area contributed by atoms with Crippen LogP contribution in [-0.4, -0.2) is 36.6 Å². The topological polar surface area (TPSA) is 36.4 Å². The molecule has 0 fully saturated rings. The lowest BCUT2D eigenvalue weighted by molar-refractivity contribution is 0.684. The Morgan fingerprint density at radius 3 is 2.75 bits per heavy atom. The molecule has 1 aromatic rings. The van der Waals surface area contributed by atoms with Crippen LogP contribution in [0.1, 0.15) is 39.2 Å². The van der Waals surface area contributed by atoms with Gasteiger partial charge >= 0.3 is 0 Å². The summed E-state index contributed by atoms with van der Waals surface area (Å²) in [6, 6.07) is 2.19. The Bertz CT molecular complexity index is 399. The van der Waals surface area contributed by atoms with E-state index in [0.717, 1.165) is 25.6 Å². The molecule has 0 saturated carbocycles. The maximum atomic E-state index is 4.69. The molecule has 0 radical (unpaired) electrons. The fourth-order valence-corrected chi connectivity index (χ4v) is 2.57. The normalized spacial score (nSPS) is 14.2. The van der Waals surface area contributed by atoms with Gasteiger partial charge in [0.2, 0.25) is 0 Å². The van der Waals surface area contributed by atoms with Gasteiger partial charge in [0.1, 0.15) is 0 Å². The summed E-state index contributed by atoms with van der Waals surface area (Å²) in [5.41, 5.74) is 1.39. The van der Waals surface area contributed by atoms with Gasteiger partial charge in [-0.15, -0.1) is 0 Å². The van der Waals surface area contributed by atoms with Crippen molar-refractivity contribution < 1.29 is 0 Å². The van der Waals surface area contributed by atoms with Crippen molar-refractivity contribution in [1.29, 1.82) is 0 Å². The monoisotopic (exact) mass is 313 g/mol. The van der Waals surface area contributed by atoms with Gasteiger partial charge in [-0.05, 0) is 55.3 Å². The van der Waals surface area contributed by atoms with Gasteiger partial charge in [0, 0.05) is 17.8 Å². The Hall–Kier alpha value is -0.680. The van der Waals surface area contributed by atoms with Gasteiger partial charge in [0.05, 0.1) is 6.54 Å². The highest BCUT2D eigenvalue weighted by Crippen LogP contribution is 2.21. The number of thioether (sulfide) groups is 1. The van der Waals surface area contributed by atoms with E-state index in [4.69, 9.17) is 0 Å². The first-order valence-electron chi connectivity index (χ1n) is 7.08. The van der Waals surface area contributed by atoms with Crippen molar-refractivity contribution in [3.63, 3.8) is 0 Å². The second-order valence-electron chi connectivity index (χ2n) is 5.50. The van der Waals surface area contributed by atoms with Crippen LogP contribution in [0.4, 0.5) is 0 Å². The molecule has 0 saturated heterocycles. The second kappa shape index (κ2) is 8.57. The Morgan fingerprint density at radius 2 is 2.20 bits per heavy atom. The molecule has 5 heteroatoms. The summed E-state index contributed by atoms with van der Waals surface area (Å²) in [5.74, 6) is 1.41. The molecule has 0 bridgehead atoms.